The van der Waals surface area contributed by atoms with Gasteiger partial charge < -0.3 is 10.2 Å². The van der Waals surface area contributed by atoms with Crippen LogP contribution in [0.15, 0.2) is 22.2 Å². The molecule has 0 amide bonds. The molecule has 108 valence electrons. The van der Waals surface area contributed by atoms with Gasteiger partial charge in [-0.3, -0.25) is 4.99 Å². The summed E-state index contributed by atoms with van der Waals surface area (Å²) in [5.74, 6) is 1.24. The summed E-state index contributed by atoms with van der Waals surface area (Å²) in [5, 5.41) is 3.38. The van der Waals surface area contributed by atoms with E-state index in [1.54, 1.807) is 12.4 Å². The molecule has 5 nitrogen and oxygen atoms in total. The minimum Gasteiger partial charge on any atom is -0.368 e. The molecular formula is C15H23N5. The van der Waals surface area contributed by atoms with E-state index in [9.17, 15) is 0 Å². The van der Waals surface area contributed by atoms with E-state index in [0.29, 0.717) is 17.8 Å². The number of likely N-dealkylation sites (N-methyl/N-ethyl adjacent to an activating group) is 1. The Balaban J connectivity index is 2.38. The third-order valence-electron chi connectivity index (χ3n) is 3.70. The standard InChI is InChI=1S/C15H23N5/c1-5-18-14-13(6-7-19-15(14)17-4)20-9-11(2)8-12(10-20)16-3/h5-7,11-12,16H,4,8-10H2,1-3H3/b18-5-/t11-,12+/m0/s1. The molecule has 1 aliphatic heterocycles. The van der Waals surface area contributed by atoms with Gasteiger partial charge in [0.05, 0.1) is 5.69 Å². The lowest BCUT2D eigenvalue weighted by atomic mass is 9.95. The first-order chi connectivity index (χ1) is 9.69. The first kappa shape index (κ1) is 14.7. The van der Waals surface area contributed by atoms with E-state index in [0.717, 1.165) is 24.5 Å². The molecule has 1 N–H and O–H groups in total. The molecule has 0 aromatic carbocycles. The fraction of sp³-hybridized carbons (Fsp3) is 0.533. The molecule has 1 aromatic rings. The smallest absolute Gasteiger partial charge is 0.179 e. The van der Waals surface area contributed by atoms with Gasteiger partial charge in [-0.05, 0) is 39.1 Å². The largest absolute Gasteiger partial charge is 0.368 e. The fourth-order valence-corrected chi connectivity index (χ4v) is 2.81. The maximum absolute atomic E-state index is 4.45. The molecular weight excluding hydrogens is 250 g/mol. The summed E-state index contributed by atoms with van der Waals surface area (Å²) < 4.78 is 0. The van der Waals surface area contributed by atoms with Crippen molar-refractivity contribution in [3.8, 4) is 0 Å². The van der Waals surface area contributed by atoms with Gasteiger partial charge in [-0.25, -0.2) is 9.98 Å². The molecule has 2 atom stereocenters. The summed E-state index contributed by atoms with van der Waals surface area (Å²) in [4.78, 5) is 15.0. The highest BCUT2D eigenvalue weighted by molar-refractivity contribution is 5.80. The van der Waals surface area contributed by atoms with E-state index in [4.69, 9.17) is 0 Å². The lowest BCUT2D eigenvalue weighted by molar-refractivity contribution is 0.366. The van der Waals surface area contributed by atoms with Crippen LogP contribution in [-0.2, 0) is 0 Å². The van der Waals surface area contributed by atoms with E-state index in [-0.39, 0.29) is 0 Å². The van der Waals surface area contributed by atoms with Crippen LogP contribution in [0.25, 0.3) is 0 Å². The van der Waals surface area contributed by atoms with Crippen LogP contribution >= 0.6 is 0 Å². The first-order valence-electron chi connectivity index (χ1n) is 7.06. The molecule has 1 aromatic heterocycles. The first-order valence-corrected chi connectivity index (χ1v) is 7.06. The molecule has 0 radical (unpaired) electrons. The Kier molecular flexibility index (Phi) is 4.84. The van der Waals surface area contributed by atoms with Crippen molar-refractivity contribution in [1.29, 1.82) is 0 Å². The number of nitrogens with one attached hydrogen (secondary N) is 1. The highest BCUT2D eigenvalue weighted by Gasteiger charge is 2.26. The van der Waals surface area contributed by atoms with Crippen molar-refractivity contribution in [1.82, 2.24) is 10.3 Å². The molecule has 20 heavy (non-hydrogen) atoms. The predicted octanol–water partition coefficient (Wildman–Crippen LogP) is 2.57. The molecule has 0 spiro atoms. The molecule has 5 heteroatoms. The predicted molar refractivity (Wildman–Crippen MR) is 86.1 cm³/mol. The van der Waals surface area contributed by atoms with Gasteiger partial charge in [-0.15, -0.1) is 0 Å². The van der Waals surface area contributed by atoms with E-state index < -0.39 is 0 Å². The van der Waals surface area contributed by atoms with Gasteiger partial charge >= 0.3 is 0 Å². The van der Waals surface area contributed by atoms with Gasteiger partial charge in [0.1, 0.15) is 5.69 Å². The summed E-state index contributed by atoms with van der Waals surface area (Å²) in [6.07, 6.45) is 4.76. The second-order valence-corrected chi connectivity index (χ2v) is 5.28. The Labute approximate surface area is 120 Å². The van der Waals surface area contributed by atoms with Crippen LogP contribution in [0.4, 0.5) is 17.2 Å². The van der Waals surface area contributed by atoms with E-state index in [1.807, 2.05) is 20.0 Å². The molecule has 2 rings (SSSR count). The minimum atomic E-state index is 0.505. The summed E-state index contributed by atoms with van der Waals surface area (Å²) in [6, 6.07) is 2.52. The Morgan fingerprint density at radius 1 is 1.50 bits per heavy atom. The van der Waals surface area contributed by atoms with Crippen molar-refractivity contribution in [2.24, 2.45) is 15.9 Å². The number of piperidine rings is 1. The average molecular weight is 273 g/mol. The van der Waals surface area contributed by atoms with Crippen molar-refractivity contribution in [3.05, 3.63) is 12.3 Å². The second kappa shape index (κ2) is 6.61. The van der Waals surface area contributed by atoms with Crippen LogP contribution in [0.2, 0.25) is 0 Å². The number of aliphatic imine (C=N–C) groups is 2. The van der Waals surface area contributed by atoms with Crippen molar-refractivity contribution in [2.45, 2.75) is 26.3 Å². The highest BCUT2D eigenvalue weighted by atomic mass is 15.2. The monoisotopic (exact) mass is 273 g/mol. The zero-order valence-corrected chi connectivity index (χ0v) is 12.5. The Hall–Kier alpha value is -1.75. The lowest BCUT2D eigenvalue weighted by Crippen LogP contribution is -2.47. The van der Waals surface area contributed by atoms with Crippen LogP contribution in [0.3, 0.4) is 0 Å². The van der Waals surface area contributed by atoms with Crippen molar-refractivity contribution in [2.75, 3.05) is 25.0 Å². The zero-order valence-electron chi connectivity index (χ0n) is 12.5. The Morgan fingerprint density at radius 2 is 2.30 bits per heavy atom. The van der Waals surface area contributed by atoms with Crippen LogP contribution in [-0.4, -0.2) is 44.1 Å². The van der Waals surface area contributed by atoms with Crippen LogP contribution in [0.1, 0.15) is 20.3 Å². The molecule has 1 aliphatic rings. The van der Waals surface area contributed by atoms with Crippen molar-refractivity contribution < 1.29 is 0 Å². The third-order valence-corrected chi connectivity index (χ3v) is 3.70. The van der Waals surface area contributed by atoms with Gasteiger partial charge in [-0.2, -0.15) is 0 Å². The third kappa shape index (κ3) is 3.04. The molecule has 1 saturated heterocycles. The maximum Gasteiger partial charge on any atom is 0.179 e. The second-order valence-electron chi connectivity index (χ2n) is 5.28. The number of hydrogen-bond donors (Lipinski definition) is 1. The molecule has 2 heterocycles. The number of aromatic nitrogens is 1. The van der Waals surface area contributed by atoms with Crippen molar-refractivity contribution in [3.63, 3.8) is 0 Å². The number of pyridine rings is 1. The summed E-state index contributed by atoms with van der Waals surface area (Å²) in [5.41, 5.74) is 1.90. The minimum absolute atomic E-state index is 0.505. The van der Waals surface area contributed by atoms with Crippen LogP contribution in [0.5, 0.6) is 0 Å². The summed E-state index contributed by atoms with van der Waals surface area (Å²) >= 11 is 0. The molecule has 1 fully saturated rings. The number of hydrogen-bond acceptors (Lipinski definition) is 5. The van der Waals surface area contributed by atoms with Crippen molar-refractivity contribution >= 4 is 30.1 Å². The van der Waals surface area contributed by atoms with Gasteiger partial charge in [0.2, 0.25) is 0 Å². The lowest BCUT2D eigenvalue weighted by Gasteiger charge is -2.38. The topological polar surface area (TPSA) is 52.9 Å². The average Bonchev–Trinajstić information content (AvgIpc) is 2.47. The molecule has 0 aliphatic carbocycles. The number of rotatable bonds is 4. The SMILES string of the molecule is C=Nc1nccc(N2C[C@@H](C)C[C@@H](NC)C2)c1/N=C\C. The normalized spacial score (nSPS) is 23.2. The van der Waals surface area contributed by atoms with Crippen LogP contribution < -0.4 is 10.2 Å². The molecule has 0 unspecified atom stereocenters. The Morgan fingerprint density at radius 3 is 2.95 bits per heavy atom. The van der Waals surface area contributed by atoms with Gasteiger partial charge in [0.15, 0.2) is 5.82 Å². The number of nitrogens with zero attached hydrogens (tertiary/aromatic N) is 4. The Bertz CT molecular complexity index is 497. The molecule has 0 bridgehead atoms. The van der Waals surface area contributed by atoms with Gasteiger partial charge in [0, 0.05) is 31.5 Å². The summed E-state index contributed by atoms with van der Waals surface area (Å²) in [6.45, 7) is 9.79. The van der Waals surface area contributed by atoms with Crippen LogP contribution in [0, 0.1) is 5.92 Å². The van der Waals surface area contributed by atoms with E-state index in [2.05, 4.69) is 38.8 Å². The maximum atomic E-state index is 4.45. The fourth-order valence-electron chi connectivity index (χ4n) is 2.81. The van der Waals surface area contributed by atoms with Gasteiger partial charge in [-0.1, -0.05) is 6.92 Å². The van der Waals surface area contributed by atoms with Gasteiger partial charge in [0.25, 0.3) is 0 Å². The zero-order chi connectivity index (χ0) is 14.5. The summed E-state index contributed by atoms with van der Waals surface area (Å²) in [7, 11) is 2.02. The van der Waals surface area contributed by atoms with E-state index in [1.165, 1.54) is 6.42 Å². The number of anilines is 1. The van der Waals surface area contributed by atoms with E-state index >= 15 is 0 Å². The molecule has 0 saturated carbocycles. The highest BCUT2D eigenvalue weighted by Crippen LogP contribution is 2.37. The quantitative estimate of drug-likeness (QED) is 0.858.